The molecule has 2 aromatic heterocycles. The first kappa shape index (κ1) is 17.8. The van der Waals surface area contributed by atoms with Crippen molar-refractivity contribution in [3.63, 3.8) is 0 Å². The molecule has 0 atom stereocenters. The van der Waals surface area contributed by atoms with Gasteiger partial charge < -0.3 is 9.47 Å². The Hall–Kier alpha value is -3.03. The molecular weight excluding hydrogens is 345 g/mol. The molecule has 0 aliphatic rings. The number of aromatic nitrogens is 3. The summed E-state index contributed by atoms with van der Waals surface area (Å²) in [5.74, 6) is -0.435. The fourth-order valence-electron chi connectivity index (χ4n) is 2.76. The molecule has 0 unspecified atom stereocenters. The van der Waals surface area contributed by atoms with Gasteiger partial charge in [-0.3, -0.25) is 9.89 Å². The van der Waals surface area contributed by atoms with E-state index >= 15 is 0 Å². The lowest BCUT2D eigenvalue weighted by molar-refractivity contribution is -0.138. The van der Waals surface area contributed by atoms with Crippen molar-refractivity contribution < 1.29 is 18.0 Å². The molecule has 0 saturated carbocycles. The number of nitrogens with one attached hydrogen (secondary N) is 1. The van der Waals surface area contributed by atoms with Crippen LogP contribution in [-0.2, 0) is 19.8 Å². The van der Waals surface area contributed by atoms with Crippen molar-refractivity contribution in [2.24, 2.45) is 7.05 Å². The van der Waals surface area contributed by atoms with E-state index in [2.05, 4.69) is 10.2 Å². The molecular formula is C18H17F3N4O. The summed E-state index contributed by atoms with van der Waals surface area (Å²) in [4.78, 5) is 13.8. The van der Waals surface area contributed by atoms with E-state index in [1.54, 1.807) is 6.07 Å². The van der Waals surface area contributed by atoms with Gasteiger partial charge in [0, 0.05) is 26.8 Å². The maximum Gasteiger partial charge on any atom is 0.416 e. The number of carbonyl (C=O) groups excluding carboxylic acids is 1. The lowest BCUT2D eigenvalue weighted by Crippen LogP contribution is -2.27. The van der Waals surface area contributed by atoms with Gasteiger partial charge in [0.15, 0.2) is 0 Å². The Morgan fingerprint density at radius 2 is 1.96 bits per heavy atom. The number of rotatable bonds is 4. The molecule has 1 aromatic carbocycles. The normalized spacial score (nSPS) is 11.6. The number of aryl methyl sites for hydroxylation is 1. The number of carbonyl (C=O) groups is 1. The zero-order valence-corrected chi connectivity index (χ0v) is 14.2. The van der Waals surface area contributed by atoms with Gasteiger partial charge in [-0.05, 0) is 29.8 Å². The van der Waals surface area contributed by atoms with E-state index in [0.29, 0.717) is 5.69 Å². The van der Waals surface area contributed by atoms with Crippen molar-refractivity contribution in [2.45, 2.75) is 12.7 Å². The molecule has 3 aromatic rings. The minimum absolute atomic E-state index is 0.0398. The van der Waals surface area contributed by atoms with Gasteiger partial charge in [-0.2, -0.15) is 18.3 Å². The number of hydrogen-bond donors (Lipinski definition) is 1. The number of benzene rings is 1. The molecule has 1 amide bonds. The second kappa shape index (κ2) is 6.70. The third-order valence-electron chi connectivity index (χ3n) is 4.09. The summed E-state index contributed by atoms with van der Waals surface area (Å²) in [7, 11) is 3.31. The molecule has 0 spiro atoms. The van der Waals surface area contributed by atoms with Crippen molar-refractivity contribution in [2.75, 3.05) is 7.05 Å². The average molecular weight is 362 g/mol. The van der Waals surface area contributed by atoms with Crippen LogP contribution in [-0.4, -0.2) is 32.6 Å². The molecule has 1 N–H and O–H groups in total. The van der Waals surface area contributed by atoms with Crippen molar-refractivity contribution in [1.29, 1.82) is 0 Å². The monoisotopic (exact) mass is 362 g/mol. The molecule has 8 heteroatoms. The summed E-state index contributed by atoms with van der Waals surface area (Å²) in [5.41, 5.74) is 0.926. The zero-order valence-electron chi connectivity index (χ0n) is 14.2. The Morgan fingerprint density at radius 1 is 1.23 bits per heavy atom. The molecule has 2 heterocycles. The van der Waals surface area contributed by atoms with E-state index in [9.17, 15) is 18.0 Å². The predicted molar refractivity (Wildman–Crippen MR) is 90.2 cm³/mol. The van der Waals surface area contributed by atoms with E-state index in [-0.39, 0.29) is 17.8 Å². The summed E-state index contributed by atoms with van der Waals surface area (Å²) < 4.78 is 41.2. The first-order chi connectivity index (χ1) is 12.3. The van der Waals surface area contributed by atoms with Gasteiger partial charge in [-0.25, -0.2) is 0 Å². The molecule has 3 rings (SSSR count). The van der Waals surface area contributed by atoms with Gasteiger partial charge in [-0.15, -0.1) is 0 Å². The molecule has 5 nitrogen and oxygen atoms in total. The van der Waals surface area contributed by atoms with Crippen LogP contribution in [0.4, 0.5) is 13.2 Å². The van der Waals surface area contributed by atoms with Crippen molar-refractivity contribution in [3.05, 3.63) is 65.5 Å². The molecule has 0 saturated heterocycles. The second-order valence-corrected chi connectivity index (χ2v) is 5.99. The van der Waals surface area contributed by atoms with Crippen molar-refractivity contribution in [3.8, 4) is 11.4 Å². The van der Waals surface area contributed by atoms with Crippen LogP contribution in [0.5, 0.6) is 0 Å². The average Bonchev–Trinajstić information content (AvgIpc) is 3.22. The van der Waals surface area contributed by atoms with Crippen LogP contribution < -0.4 is 0 Å². The number of aromatic amines is 1. The third-order valence-corrected chi connectivity index (χ3v) is 4.09. The van der Waals surface area contributed by atoms with Gasteiger partial charge in [0.25, 0.3) is 5.91 Å². The quantitative estimate of drug-likeness (QED) is 0.769. The minimum atomic E-state index is -4.46. The smallest absolute Gasteiger partial charge is 0.349 e. The molecule has 0 aliphatic carbocycles. The lowest BCUT2D eigenvalue weighted by Gasteiger charge is -2.19. The van der Waals surface area contributed by atoms with E-state index < -0.39 is 17.6 Å². The Kier molecular flexibility index (Phi) is 4.58. The van der Waals surface area contributed by atoms with Gasteiger partial charge in [0.2, 0.25) is 0 Å². The second-order valence-electron chi connectivity index (χ2n) is 5.99. The number of hydrogen-bond acceptors (Lipinski definition) is 2. The van der Waals surface area contributed by atoms with Gasteiger partial charge in [0.1, 0.15) is 11.4 Å². The van der Waals surface area contributed by atoms with Gasteiger partial charge in [0.05, 0.1) is 11.3 Å². The Bertz CT molecular complexity index is 926. The highest BCUT2D eigenvalue weighted by Crippen LogP contribution is 2.32. The lowest BCUT2D eigenvalue weighted by atomic mass is 10.1. The number of halogens is 3. The molecule has 0 radical (unpaired) electrons. The van der Waals surface area contributed by atoms with Crippen LogP contribution in [0.15, 0.2) is 48.7 Å². The van der Waals surface area contributed by atoms with Crippen LogP contribution in [0.25, 0.3) is 11.4 Å². The van der Waals surface area contributed by atoms with Crippen molar-refractivity contribution in [1.82, 2.24) is 19.7 Å². The maximum absolute atomic E-state index is 13.1. The molecule has 0 bridgehead atoms. The Balaban J connectivity index is 1.80. The van der Waals surface area contributed by atoms with Gasteiger partial charge in [-0.1, -0.05) is 18.2 Å². The largest absolute Gasteiger partial charge is 0.416 e. The highest BCUT2D eigenvalue weighted by molar-refractivity contribution is 5.93. The molecule has 136 valence electrons. The SMILES string of the molecule is CN(Cc1ccccc1C(F)(F)F)C(=O)c1cc(-c2cccn2C)n[nH]1. The Labute approximate surface area is 148 Å². The molecule has 0 fully saturated rings. The van der Waals surface area contributed by atoms with Crippen LogP contribution in [0.3, 0.4) is 0 Å². The van der Waals surface area contributed by atoms with Crippen LogP contribution >= 0.6 is 0 Å². The summed E-state index contributed by atoms with van der Waals surface area (Å²) in [6.45, 7) is -0.160. The fourth-order valence-corrected chi connectivity index (χ4v) is 2.76. The minimum Gasteiger partial charge on any atom is -0.349 e. The highest BCUT2D eigenvalue weighted by Gasteiger charge is 2.33. The number of nitrogens with zero attached hydrogens (tertiary/aromatic N) is 3. The highest BCUT2D eigenvalue weighted by atomic mass is 19.4. The standard InChI is InChI=1S/C18H17F3N4O/c1-24-9-5-8-16(24)14-10-15(23-22-14)17(26)25(2)11-12-6-3-4-7-13(12)18(19,20)21/h3-10H,11H2,1-2H3,(H,22,23). The first-order valence-corrected chi connectivity index (χ1v) is 7.85. The zero-order chi connectivity index (χ0) is 18.9. The summed E-state index contributed by atoms with van der Waals surface area (Å²) in [6.07, 6.45) is -2.61. The van der Waals surface area contributed by atoms with E-state index in [1.807, 2.05) is 29.9 Å². The van der Waals surface area contributed by atoms with E-state index in [1.165, 1.54) is 30.1 Å². The number of amides is 1. The number of alkyl halides is 3. The number of H-pyrrole nitrogens is 1. The maximum atomic E-state index is 13.1. The Morgan fingerprint density at radius 3 is 2.62 bits per heavy atom. The summed E-state index contributed by atoms with van der Waals surface area (Å²) in [5, 5.41) is 6.77. The fraction of sp³-hybridized carbons (Fsp3) is 0.222. The summed E-state index contributed by atoms with van der Waals surface area (Å²) >= 11 is 0. The van der Waals surface area contributed by atoms with E-state index in [4.69, 9.17) is 0 Å². The first-order valence-electron chi connectivity index (χ1n) is 7.85. The molecule has 26 heavy (non-hydrogen) atoms. The van der Waals surface area contributed by atoms with Crippen LogP contribution in [0.1, 0.15) is 21.6 Å². The summed E-state index contributed by atoms with van der Waals surface area (Å²) in [6, 6.07) is 10.5. The van der Waals surface area contributed by atoms with Gasteiger partial charge >= 0.3 is 6.18 Å². The van der Waals surface area contributed by atoms with Crippen LogP contribution in [0.2, 0.25) is 0 Å². The topological polar surface area (TPSA) is 53.9 Å². The third kappa shape index (κ3) is 3.49. The van der Waals surface area contributed by atoms with Crippen LogP contribution in [0, 0.1) is 0 Å². The van der Waals surface area contributed by atoms with Crippen molar-refractivity contribution >= 4 is 5.91 Å². The molecule has 0 aliphatic heterocycles. The van der Waals surface area contributed by atoms with E-state index in [0.717, 1.165) is 11.8 Å². The predicted octanol–water partition coefficient (Wildman–Crippen LogP) is 3.71.